The Labute approximate surface area is 227 Å². The SMILES string of the molecule is NCCCN(C[C@H]1CC[C@@H]2[C@H](O1)c1cc(C(F)(F)F)ccc1N[C@H]2c1ccccc1)C(=O)Cc1ccccc1. The second kappa shape index (κ2) is 11.8. The lowest BCUT2D eigenvalue weighted by Gasteiger charge is -2.46. The number of carbonyl (C=O) groups excluding carboxylic acids is 1. The van der Waals surface area contributed by atoms with Crippen LogP contribution in [0.25, 0.3) is 0 Å². The number of nitrogens with zero attached hydrogens (tertiary/aromatic N) is 1. The number of fused-ring (bicyclic) bond motifs is 3. The number of rotatable bonds is 8. The van der Waals surface area contributed by atoms with E-state index < -0.39 is 17.8 Å². The summed E-state index contributed by atoms with van der Waals surface area (Å²) in [4.78, 5) is 15.1. The number of benzene rings is 3. The van der Waals surface area contributed by atoms with Gasteiger partial charge in [0.25, 0.3) is 0 Å². The number of halogens is 3. The molecule has 3 N–H and O–H groups in total. The van der Waals surface area contributed by atoms with Crippen LogP contribution in [0.3, 0.4) is 0 Å². The molecule has 1 saturated heterocycles. The van der Waals surface area contributed by atoms with Gasteiger partial charge in [0.05, 0.1) is 30.2 Å². The Balaban J connectivity index is 1.40. The average Bonchev–Trinajstić information content (AvgIpc) is 2.95. The van der Waals surface area contributed by atoms with Crippen LogP contribution in [0.2, 0.25) is 0 Å². The number of carbonyl (C=O) groups is 1. The molecule has 1 amide bonds. The van der Waals surface area contributed by atoms with E-state index in [1.54, 1.807) is 4.90 Å². The third-order valence-electron chi connectivity index (χ3n) is 7.74. The van der Waals surface area contributed by atoms with Crippen molar-refractivity contribution in [3.8, 4) is 0 Å². The highest BCUT2D eigenvalue weighted by Gasteiger charge is 2.44. The Morgan fingerprint density at radius 1 is 1.00 bits per heavy atom. The molecule has 0 spiro atoms. The van der Waals surface area contributed by atoms with Crippen molar-refractivity contribution in [3.05, 3.63) is 101 Å². The summed E-state index contributed by atoms with van der Waals surface area (Å²) in [6.07, 6.45) is -2.85. The second-order valence-electron chi connectivity index (χ2n) is 10.4. The number of nitrogens with two attached hydrogens (primary N) is 1. The number of alkyl halides is 3. The minimum atomic E-state index is -4.45. The molecule has 2 aliphatic heterocycles. The summed E-state index contributed by atoms with van der Waals surface area (Å²) in [6.45, 7) is 1.36. The number of anilines is 1. The summed E-state index contributed by atoms with van der Waals surface area (Å²) in [5.74, 6) is -0.0512. The molecule has 3 aromatic rings. The first-order valence-electron chi connectivity index (χ1n) is 13.5. The molecule has 0 aliphatic carbocycles. The molecule has 2 aliphatic rings. The van der Waals surface area contributed by atoms with E-state index in [1.165, 1.54) is 12.1 Å². The van der Waals surface area contributed by atoms with E-state index in [0.717, 1.165) is 23.6 Å². The highest BCUT2D eigenvalue weighted by Crippen LogP contribution is 2.51. The normalized spacial score (nSPS) is 22.4. The smallest absolute Gasteiger partial charge is 0.378 e. The molecule has 0 saturated carbocycles. The average molecular weight is 538 g/mol. The van der Waals surface area contributed by atoms with Crippen LogP contribution in [-0.4, -0.2) is 36.5 Å². The lowest BCUT2D eigenvalue weighted by atomic mass is 9.76. The van der Waals surface area contributed by atoms with Crippen LogP contribution >= 0.6 is 0 Å². The van der Waals surface area contributed by atoms with Gasteiger partial charge in [0.2, 0.25) is 5.91 Å². The molecule has 0 radical (unpaired) electrons. The zero-order valence-electron chi connectivity index (χ0n) is 21.7. The maximum absolute atomic E-state index is 13.6. The first kappa shape index (κ1) is 27.2. The van der Waals surface area contributed by atoms with Gasteiger partial charge in [-0.2, -0.15) is 13.2 Å². The van der Waals surface area contributed by atoms with Gasteiger partial charge in [0.1, 0.15) is 0 Å². The Morgan fingerprint density at radius 3 is 2.41 bits per heavy atom. The molecule has 0 bridgehead atoms. The summed E-state index contributed by atoms with van der Waals surface area (Å²) >= 11 is 0. The van der Waals surface area contributed by atoms with Gasteiger partial charge >= 0.3 is 6.18 Å². The van der Waals surface area contributed by atoms with Crippen molar-refractivity contribution >= 4 is 11.6 Å². The van der Waals surface area contributed by atoms with E-state index in [1.807, 2.05) is 60.7 Å². The van der Waals surface area contributed by atoms with Crippen LogP contribution in [0.1, 0.15) is 53.7 Å². The first-order valence-corrected chi connectivity index (χ1v) is 13.5. The minimum Gasteiger partial charge on any atom is -0.378 e. The summed E-state index contributed by atoms with van der Waals surface area (Å²) in [7, 11) is 0. The first-order chi connectivity index (χ1) is 18.8. The Morgan fingerprint density at radius 2 is 1.72 bits per heavy atom. The number of ether oxygens (including phenoxy) is 1. The Hall–Kier alpha value is -3.36. The molecular weight excluding hydrogens is 503 g/mol. The zero-order chi connectivity index (χ0) is 27.4. The fourth-order valence-corrected chi connectivity index (χ4v) is 5.79. The van der Waals surface area contributed by atoms with E-state index in [-0.39, 0.29) is 30.4 Å². The van der Waals surface area contributed by atoms with Crippen molar-refractivity contribution in [2.45, 2.75) is 50.1 Å². The van der Waals surface area contributed by atoms with Gasteiger partial charge in [-0.05, 0) is 55.1 Å². The van der Waals surface area contributed by atoms with E-state index in [9.17, 15) is 18.0 Å². The second-order valence-corrected chi connectivity index (χ2v) is 10.4. The van der Waals surface area contributed by atoms with Crippen molar-refractivity contribution < 1.29 is 22.7 Å². The molecule has 1 fully saturated rings. The van der Waals surface area contributed by atoms with Crippen molar-refractivity contribution in [2.24, 2.45) is 11.7 Å². The molecule has 0 aromatic heterocycles. The lowest BCUT2D eigenvalue weighted by Crippen LogP contribution is -2.45. The van der Waals surface area contributed by atoms with E-state index in [0.29, 0.717) is 43.7 Å². The van der Waals surface area contributed by atoms with E-state index in [4.69, 9.17) is 10.5 Å². The van der Waals surface area contributed by atoms with Crippen LogP contribution in [0.15, 0.2) is 78.9 Å². The molecule has 4 atom stereocenters. The van der Waals surface area contributed by atoms with Gasteiger partial charge in [-0.3, -0.25) is 4.79 Å². The summed E-state index contributed by atoms with van der Waals surface area (Å²) < 4.78 is 47.5. The minimum absolute atomic E-state index is 0.00685. The van der Waals surface area contributed by atoms with Gasteiger partial charge in [0, 0.05) is 30.3 Å². The highest BCUT2D eigenvalue weighted by molar-refractivity contribution is 5.78. The van der Waals surface area contributed by atoms with Crippen LogP contribution in [-0.2, 0) is 22.1 Å². The maximum Gasteiger partial charge on any atom is 0.416 e. The number of hydrogen-bond acceptors (Lipinski definition) is 4. The van der Waals surface area contributed by atoms with Crippen LogP contribution in [0.4, 0.5) is 18.9 Å². The van der Waals surface area contributed by atoms with Crippen LogP contribution in [0, 0.1) is 5.92 Å². The molecule has 5 rings (SSSR count). The van der Waals surface area contributed by atoms with E-state index in [2.05, 4.69) is 5.32 Å². The number of nitrogens with one attached hydrogen (secondary N) is 1. The molecule has 2 heterocycles. The van der Waals surface area contributed by atoms with E-state index >= 15 is 0 Å². The Kier molecular flexibility index (Phi) is 8.23. The summed E-state index contributed by atoms with van der Waals surface area (Å²) in [5, 5.41) is 3.49. The predicted octanol–water partition coefficient (Wildman–Crippen LogP) is 6.13. The maximum atomic E-state index is 13.6. The third kappa shape index (κ3) is 6.28. The summed E-state index contributed by atoms with van der Waals surface area (Å²) in [5.41, 5.74) is 8.25. The molecule has 206 valence electrons. The largest absolute Gasteiger partial charge is 0.416 e. The lowest BCUT2D eigenvalue weighted by molar-refractivity contribution is -0.140. The van der Waals surface area contributed by atoms with Gasteiger partial charge in [-0.1, -0.05) is 60.7 Å². The van der Waals surface area contributed by atoms with Gasteiger partial charge in [0.15, 0.2) is 0 Å². The molecule has 0 unspecified atom stereocenters. The topological polar surface area (TPSA) is 67.6 Å². The monoisotopic (exact) mass is 537 g/mol. The van der Waals surface area contributed by atoms with Crippen molar-refractivity contribution in [2.75, 3.05) is 25.0 Å². The van der Waals surface area contributed by atoms with Crippen molar-refractivity contribution in [1.82, 2.24) is 4.90 Å². The third-order valence-corrected chi connectivity index (χ3v) is 7.74. The van der Waals surface area contributed by atoms with Gasteiger partial charge < -0.3 is 20.7 Å². The van der Waals surface area contributed by atoms with Crippen molar-refractivity contribution in [1.29, 1.82) is 0 Å². The standard InChI is InChI=1S/C31H34F3N3O2/c32-31(33,34)23-12-15-27-26(19-23)30-25(29(36-27)22-10-5-2-6-11-22)14-13-24(39-30)20-37(17-7-16-35)28(38)18-21-8-3-1-4-9-21/h1-6,8-12,15,19,24-25,29-30,36H,7,13-14,16-18,20,35H2/t24-,25+,29+,30+/m1/s1. The fourth-order valence-electron chi connectivity index (χ4n) is 5.79. The van der Waals surface area contributed by atoms with Gasteiger partial charge in [-0.15, -0.1) is 0 Å². The summed E-state index contributed by atoms with van der Waals surface area (Å²) in [6, 6.07) is 23.3. The fraction of sp³-hybridized carbons (Fsp3) is 0.387. The quantitative estimate of drug-likeness (QED) is 0.363. The van der Waals surface area contributed by atoms with Gasteiger partial charge in [-0.25, -0.2) is 0 Å². The highest BCUT2D eigenvalue weighted by atomic mass is 19.4. The van der Waals surface area contributed by atoms with Crippen LogP contribution < -0.4 is 11.1 Å². The van der Waals surface area contributed by atoms with Crippen LogP contribution in [0.5, 0.6) is 0 Å². The molecule has 3 aromatic carbocycles. The number of hydrogen-bond donors (Lipinski definition) is 2. The molecular formula is C31H34F3N3O2. The molecule has 39 heavy (non-hydrogen) atoms. The predicted molar refractivity (Wildman–Crippen MR) is 145 cm³/mol. The molecule has 8 heteroatoms. The molecule has 5 nitrogen and oxygen atoms in total. The zero-order valence-corrected chi connectivity index (χ0v) is 21.7. The van der Waals surface area contributed by atoms with Crippen molar-refractivity contribution in [3.63, 3.8) is 0 Å². The Bertz CT molecular complexity index is 1250. The number of amides is 1.